The quantitative estimate of drug-likeness (QED) is 0.732. The Morgan fingerprint density at radius 2 is 2.19 bits per heavy atom. The second kappa shape index (κ2) is 5.91. The van der Waals surface area contributed by atoms with Gasteiger partial charge in [-0.05, 0) is 38.5 Å². The van der Waals surface area contributed by atoms with Crippen molar-refractivity contribution in [2.45, 2.75) is 33.4 Å². The van der Waals surface area contributed by atoms with Gasteiger partial charge < -0.3 is 5.32 Å². The molecule has 3 rings (SSSR count). The van der Waals surface area contributed by atoms with E-state index in [1.54, 1.807) is 11.3 Å². The highest BCUT2D eigenvalue weighted by atomic mass is 79.9. The standard InChI is InChI=1S/C16H18BrN3S/c1-10-9-20-15(12(3)19-16(20)21-10)8-18-11(2)13-5-4-6-14(17)7-13/h4-7,9,11,18H,8H2,1-3H3/t11-/m1/s1. The fourth-order valence-electron chi connectivity index (χ4n) is 2.47. The van der Waals surface area contributed by atoms with Crippen LogP contribution in [-0.4, -0.2) is 9.38 Å². The van der Waals surface area contributed by atoms with Gasteiger partial charge in [-0.3, -0.25) is 4.40 Å². The van der Waals surface area contributed by atoms with E-state index < -0.39 is 0 Å². The fourth-order valence-corrected chi connectivity index (χ4v) is 3.77. The molecule has 0 amide bonds. The van der Waals surface area contributed by atoms with Gasteiger partial charge in [0.2, 0.25) is 0 Å². The number of nitrogens with zero attached hydrogens (tertiary/aromatic N) is 2. The van der Waals surface area contributed by atoms with E-state index in [2.05, 4.69) is 81.9 Å². The third kappa shape index (κ3) is 3.05. The molecule has 2 heterocycles. The molecule has 5 heteroatoms. The third-order valence-electron chi connectivity index (χ3n) is 3.67. The molecule has 0 unspecified atom stereocenters. The van der Waals surface area contributed by atoms with Gasteiger partial charge in [-0.1, -0.05) is 28.1 Å². The van der Waals surface area contributed by atoms with Crippen molar-refractivity contribution in [3.8, 4) is 0 Å². The van der Waals surface area contributed by atoms with Gasteiger partial charge in [-0.2, -0.15) is 0 Å². The zero-order chi connectivity index (χ0) is 15.0. The summed E-state index contributed by atoms with van der Waals surface area (Å²) in [6, 6.07) is 8.73. The van der Waals surface area contributed by atoms with E-state index in [0.29, 0.717) is 6.04 Å². The van der Waals surface area contributed by atoms with E-state index in [0.717, 1.165) is 21.7 Å². The molecule has 0 aliphatic heterocycles. The first kappa shape index (κ1) is 14.8. The van der Waals surface area contributed by atoms with Crippen LogP contribution in [0.4, 0.5) is 0 Å². The molecule has 0 radical (unpaired) electrons. The minimum Gasteiger partial charge on any atom is -0.305 e. The Bertz CT molecular complexity index is 775. The summed E-state index contributed by atoms with van der Waals surface area (Å²) in [6.07, 6.45) is 2.17. The smallest absolute Gasteiger partial charge is 0.194 e. The first-order valence-electron chi connectivity index (χ1n) is 6.97. The van der Waals surface area contributed by atoms with Crippen LogP contribution >= 0.6 is 27.3 Å². The molecule has 2 aromatic heterocycles. The van der Waals surface area contributed by atoms with Crippen LogP contribution in [0.1, 0.15) is 34.8 Å². The van der Waals surface area contributed by atoms with E-state index in [1.165, 1.54) is 16.1 Å². The minimum atomic E-state index is 0.298. The van der Waals surface area contributed by atoms with Crippen LogP contribution in [0.15, 0.2) is 34.9 Å². The van der Waals surface area contributed by atoms with Crippen molar-refractivity contribution in [2.75, 3.05) is 0 Å². The molecule has 0 aliphatic rings. The first-order chi connectivity index (χ1) is 10.0. The van der Waals surface area contributed by atoms with Crippen LogP contribution in [0.5, 0.6) is 0 Å². The van der Waals surface area contributed by atoms with E-state index >= 15 is 0 Å². The number of nitrogens with one attached hydrogen (secondary N) is 1. The van der Waals surface area contributed by atoms with E-state index in [9.17, 15) is 0 Å². The number of imidazole rings is 1. The summed E-state index contributed by atoms with van der Waals surface area (Å²) in [5.41, 5.74) is 3.63. The topological polar surface area (TPSA) is 29.3 Å². The Balaban J connectivity index is 1.78. The van der Waals surface area contributed by atoms with Crippen LogP contribution in [-0.2, 0) is 6.54 Å². The first-order valence-corrected chi connectivity index (χ1v) is 8.58. The van der Waals surface area contributed by atoms with Crippen LogP contribution in [0.25, 0.3) is 4.96 Å². The van der Waals surface area contributed by atoms with Crippen molar-refractivity contribution in [3.05, 3.63) is 56.8 Å². The molecule has 0 fully saturated rings. The molecule has 3 nitrogen and oxygen atoms in total. The Labute approximate surface area is 137 Å². The second-order valence-corrected chi connectivity index (χ2v) is 7.42. The maximum absolute atomic E-state index is 4.63. The minimum absolute atomic E-state index is 0.298. The number of hydrogen-bond donors (Lipinski definition) is 1. The molecular formula is C16H18BrN3S. The fraction of sp³-hybridized carbons (Fsp3) is 0.312. The number of thiazole rings is 1. The lowest BCUT2D eigenvalue weighted by Gasteiger charge is -2.14. The van der Waals surface area contributed by atoms with Crippen molar-refractivity contribution in [3.63, 3.8) is 0 Å². The number of aromatic nitrogens is 2. The zero-order valence-corrected chi connectivity index (χ0v) is 14.8. The van der Waals surface area contributed by atoms with Gasteiger partial charge in [0.1, 0.15) is 0 Å². The Kier molecular flexibility index (Phi) is 4.15. The average molecular weight is 364 g/mol. The van der Waals surface area contributed by atoms with Gasteiger partial charge >= 0.3 is 0 Å². The zero-order valence-electron chi connectivity index (χ0n) is 12.4. The van der Waals surface area contributed by atoms with E-state index in [4.69, 9.17) is 0 Å². The summed E-state index contributed by atoms with van der Waals surface area (Å²) < 4.78 is 3.32. The van der Waals surface area contributed by atoms with Crippen LogP contribution in [0.3, 0.4) is 0 Å². The summed E-state index contributed by atoms with van der Waals surface area (Å²) in [7, 11) is 0. The molecule has 0 spiro atoms. The van der Waals surface area contributed by atoms with Crippen molar-refractivity contribution in [1.29, 1.82) is 0 Å². The molecule has 1 N–H and O–H groups in total. The molecular weight excluding hydrogens is 346 g/mol. The second-order valence-electron chi connectivity index (χ2n) is 5.30. The van der Waals surface area contributed by atoms with Gasteiger partial charge in [-0.25, -0.2) is 4.98 Å². The molecule has 0 saturated carbocycles. The number of fused-ring (bicyclic) bond motifs is 1. The highest BCUT2D eigenvalue weighted by Gasteiger charge is 2.12. The van der Waals surface area contributed by atoms with Gasteiger partial charge in [0.05, 0.1) is 11.4 Å². The Morgan fingerprint density at radius 1 is 1.38 bits per heavy atom. The molecule has 0 aliphatic carbocycles. The predicted molar refractivity (Wildman–Crippen MR) is 91.9 cm³/mol. The largest absolute Gasteiger partial charge is 0.305 e. The highest BCUT2D eigenvalue weighted by molar-refractivity contribution is 9.10. The number of aryl methyl sites for hydroxylation is 2. The Hall–Kier alpha value is -1.17. The van der Waals surface area contributed by atoms with Crippen molar-refractivity contribution in [1.82, 2.24) is 14.7 Å². The molecule has 21 heavy (non-hydrogen) atoms. The number of halogens is 1. The monoisotopic (exact) mass is 363 g/mol. The molecule has 1 aromatic carbocycles. The summed E-state index contributed by atoms with van der Waals surface area (Å²) in [5.74, 6) is 0. The lowest BCUT2D eigenvalue weighted by atomic mass is 10.1. The molecule has 0 bridgehead atoms. The van der Waals surface area contributed by atoms with Gasteiger partial charge in [0.25, 0.3) is 0 Å². The van der Waals surface area contributed by atoms with E-state index in [-0.39, 0.29) is 0 Å². The maximum atomic E-state index is 4.63. The number of benzene rings is 1. The average Bonchev–Trinajstić information content (AvgIpc) is 2.91. The van der Waals surface area contributed by atoms with Crippen molar-refractivity contribution >= 4 is 32.2 Å². The lowest BCUT2D eigenvalue weighted by Crippen LogP contribution is -2.19. The maximum Gasteiger partial charge on any atom is 0.194 e. The van der Waals surface area contributed by atoms with Gasteiger partial charge in [0, 0.05) is 28.1 Å². The summed E-state index contributed by atoms with van der Waals surface area (Å²) in [6.45, 7) is 7.21. The van der Waals surface area contributed by atoms with Crippen LogP contribution in [0, 0.1) is 13.8 Å². The number of hydrogen-bond acceptors (Lipinski definition) is 3. The summed E-state index contributed by atoms with van der Waals surface area (Å²) in [5, 5.41) is 3.59. The van der Waals surface area contributed by atoms with Gasteiger partial charge in [0.15, 0.2) is 4.96 Å². The molecule has 1 atom stereocenters. The van der Waals surface area contributed by atoms with Crippen molar-refractivity contribution < 1.29 is 0 Å². The SMILES string of the molecule is Cc1cn2c(CN[C@H](C)c3cccc(Br)c3)c(C)nc2s1. The highest BCUT2D eigenvalue weighted by Crippen LogP contribution is 2.22. The Morgan fingerprint density at radius 3 is 2.95 bits per heavy atom. The van der Waals surface area contributed by atoms with Crippen LogP contribution < -0.4 is 5.32 Å². The molecule has 3 aromatic rings. The van der Waals surface area contributed by atoms with E-state index in [1.807, 2.05) is 0 Å². The van der Waals surface area contributed by atoms with Gasteiger partial charge in [-0.15, -0.1) is 11.3 Å². The lowest BCUT2D eigenvalue weighted by molar-refractivity contribution is 0.564. The summed E-state index contributed by atoms with van der Waals surface area (Å²) >= 11 is 5.26. The van der Waals surface area contributed by atoms with Crippen molar-refractivity contribution in [2.24, 2.45) is 0 Å². The normalized spacial score (nSPS) is 13.0. The molecule has 0 saturated heterocycles. The third-order valence-corrected chi connectivity index (χ3v) is 5.06. The number of rotatable bonds is 4. The van der Waals surface area contributed by atoms with Crippen LogP contribution in [0.2, 0.25) is 0 Å². The summed E-state index contributed by atoms with van der Waals surface area (Å²) in [4.78, 5) is 7.00. The molecule has 110 valence electrons. The predicted octanol–water partition coefficient (Wildman–Crippen LogP) is 4.63.